The molecule has 1 fully saturated rings. The lowest BCUT2D eigenvalue weighted by atomic mass is 10.2. The molecule has 11 heteroatoms. The molecule has 3 rings (SSSR count). The van der Waals surface area contributed by atoms with Crippen LogP contribution in [-0.2, 0) is 9.59 Å². The second kappa shape index (κ2) is 8.67. The molecule has 2 aromatic rings. The van der Waals surface area contributed by atoms with E-state index in [0.717, 1.165) is 22.3 Å². The molecule has 1 aromatic heterocycles. The van der Waals surface area contributed by atoms with E-state index in [1.165, 1.54) is 16.2 Å². The Labute approximate surface area is 174 Å². The minimum atomic E-state index is -0.389. The van der Waals surface area contributed by atoms with Crippen molar-refractivity contribution in [3.63, 3.8) is 0 Å². The van der Waals surface area contributed by atoms with Crippen LogP contribution in [0.2, 0.25) is 0 Å². The van der Waals surface area contributed by atoms with Crippen molar-refractivity contribution < 1.29 is 19.1 Å². The van der Waals surface area contributed by atoms with E-state index in [2.05, 4.69) is 15.5 Å². The highest BCUT2D eigenvalue weighted by Gasteiger charge is 2.33. The molecule has 0 radical (unpaired) electrons. The summed E-state index contributed by atoms with van der Waals surface area (Å²) in [5.41, 5.74) is 0.756. The molecule has 1 aromatic carbocycles. The SMILES string of the molecule is COc1ccc(/C=C2/SC(=S)N(CC(=O)Nc3nnc(C)s3)C2=O)cc1OC. The zero-order valence-corrected chi connectivity index (χ0v) is 17.7. The zero-order valence-electron chi connectivity index (χ0n) is 15.2. The van der Waals surface area contributed by atoms with Gasteiger partial charge in [-0.25, -0.2) is 0 Å². The number of ether oxygens (including phenoxy) is 2. The first-order valence-electron chi connectivity index (χ1n) is 7.98. The molecule has 1 aliphatic heterocycles. The van der Waals surface area contributed by atoms with Crippen molar-refractivity contribution >= 4 is 62.7 Å². The number of nitrogens with one attached hydrogen (secondary N) is 1. The Morgan fingerprint density at radius 1 is 1.29 bits per heavy atom. The van der Waals surface area contributed by atoms with Crippen LogP contribution in [0.5, 0.6) is 11.5 Å². The Hall–Kier alpha value is -2.50. The van der Waals surface area contributed by atoms with Gasteiger partial charge in [-0.2, -0.15) is 0 Å². The van der Waals surface area contributed by atoms with Gasteiger partial charge < -0.3 is 9.47 Å². The summed E-state index contributed by atoms with van der Waals surface area (Å²) in [7, 11) is 3.09. The highest BCUT2D eigenvalue weighted by atomic mass is 32.2. The van der Waals surface area contributed by atoms with Crippen LogP contribution in [0.3, 0.4) is 0 Å². The maximum Gasteiger partial charge on any atom is 0.266 e. The Balaban J connectivity index is 1.72. The number of amides is 2. The maximum absolute atomic E-state index is 12.7. The fourth-order valence-electron chi connectivity index (χ4n) is 2.38. The van der Waals surface area contributed by atoms with E-state index in [0.29, 0.717) is 25.9 Å². The molecule has 0 saturated carbocycles. The largest absolute Gasteiger partial charge is 0.493 e. The lowest BCUT2D eigenvalue weighted by Crippen LogP contribution is -2.36. The molecule has 1 N–H and O–H groups in total. The third kappa shape index (κ3) is 4.49. The van der Waals surface area contributed by atoms with Crippen molar-refractivity contribution in [2.45, 2.75) is 6.92 Å². The average Bonchev–Trinajstić information content (AvgIpc) is 3.19. The first-order chi connectivity index (χ1) is 13.4. The minimum Gasteiger partial charge on any atom is -0.493 e. The number of aromatic nitrogens is 2. The normalized spacial score (nSPS) is 15.2. The minimum absolute atomic E-state index is 0.188. The molecule has 1 saturated heterocycles. The molecule has 1 aliphatic rings. The molecule has 28 heavy (non-hydrogen) atoms. The summed E-state index contributed by atoms with van der Waals surface area (Å²) < 4.78 is 10.8. The summed E-state index contributed by atoms with van der Waals surface area (Å²) in [5.74, 6) is 0.433. The summed E-state index contributed by atoms with van der Waals surface area (Å²) in [6.07, 6.45) is 1.70. The number of hydrogen-bond acceptors (Lipinski definition) is 9. The third-order valence-corrected chi connectivity index (χ3v) is 5.78. The number of carbonyl (C=O) groups excluding carboxylic acids is 2. The van der Waals surface area contributed by atoms with Crippen LogP contribution in [0, 0.1) is 6.92 Å². The maximum atomic E-state index is 12.7. The van der Waals surface area contributed by atoms with Gasteiger partial charge >= 0.3 is 0 Å². The summed E-state index contributed by atoms with van der Waals surface area (Å²) in [5, 5.41) is 11.4. The Morgan fingerprint density at radius 3 is 2.68 bits per heavy atom. The van der Waals surface area contributed by atoms with Crippen molar-refractivity contribution in [1.82, 2.24) is 15.1 Å². The molecule has 2 amide bonds. The number of thiocarbonyl (C=S) groups is 1. The number of methoxy groups -OCH3 is 2. The van der Waals surface area contributed by atoms with Gasteiger partial charge in [-0.3, -0.25) is 19.8 Å². The van der Waals surface area contributed by atoms with Crippen molar-refractivity contribution in [3.05, 3.63) is 33.7 Å². The van der Waals surface area contributed by atoms with Crippen LogP contribution in [0.25, 0.3) is 6.08 Å². The number of carbonyl (C=O) groups is 2. The van der Waals surface area contributed by atoms with Gasteiger partial charge in [-0.05, 0) is 30.7 Å². The Kier molecular flexibility index (Phi) is 6.27. The van der Waals surface area contributed by atoms with E-state index in [-0.39, 0.29) is 18.4 Å². The zero-order chi connectivity index (χ0) is 20.3. The quantitative estimate of drug-likeness (QED) is 0.546. The topological polar surface area (TPSA) is 93.6 Å². The average molecular weight is 437 g/mol. The molecule has 0 unspecified atom stereocenters. The molecule has 0 bridgehead atoms. The molecular weight excluding hydrogens is 420 g/mol. The van der Waals surface area contributed by atoms with Gasteiger partial charge in [0.25, 0.3) is 5.91 Å². The first-order valence-corrected chi connectivity index (χ1v) is 10.0. The molecule has 146 valence electrons. The van der Waals surface area contributed by atoms with Gasteiger partial charge in [0.15, 0.2) is 11.5 Å². The third-order valence-electron chi connectivity index (χ3n) is 3.65. The van der Waals surface area contributed by atoms with Crippen LogP contribution in [0.4, 0.5) is 5.13 Å². The van der Waals surface area contributed by atoms with Crippen molar-refractivity contribution in [3.8, 4) is 11.5 Å². The number of anilines is 1. The summed E-state index contributed by atoms with van der Waals surface area (Å²) in [6, 6.07) is 5.32. The summed E-state index contributed by atoms with van der Waals surface area (Å²) in [6.45, 7) is 1.60. The predicted molar refractivity (Wildman–Crippen MR) is 113 cm³/mol. The highest BCUT2D eigenvalue weighted by molar-refractivity contribution is 8.26. The van der Waals surface area contributed by atoms with Crippen molar-refractivity contribution in [1.29, 1.82) is 0 Å². The van der Waals surface area contributed by atoms with E-state index in [9.17, 15) is 9.59 Å². The molecule has 0 aliphatic carbocycles. The van der Waals surface area contributed by atoms with E-state index in [1.54, 1.807) is 45.4 Å². The van der Waals surface area contributed by atoms with E-state index >= 15 is 0 Å². The molecule has 0 spiro atoms. The monoisotopic (exact) mass is 436 g/mol. The number of thioether (sulfide) groups is 1. The first kappa shape index (κ1) is 20.2. The Morgan fingerprint density at radius 2 is 2.04 bits per heavy atom. The fraction of sp³-hybridized carbons (Fsp3) is 0.235. The lowest BCUT2D eigenvalue weighted by molar-refractivity contribution is -0.126. The highest BCUT2D eigenvalue weighted by Crippen LogP contribution is 2.34. The van der Waals surface area contributed by atoms with Crippen LogP contribution in [-0.4, -0.2) is 52.0 Å². The predicted octanol–water partition coefficient (Wildman–Crippen LogP) is 2.70. The second-order valence-electron chi connectivity index (χ2n) is 5.56. The molecule has 2 heterocycles. The number of hydrogen-bond donors (Lipinski definition) is 1. The van der Waals surface area contributed by atoms with Gasteiger partial charge in [0.2, 0.25) is 11.0 Å². The van der Waals surface area contributed by atoms with Crippen molar-refractivity contribution in [2.24, 2.45) is 0 Å². The van der Waals surface area contributed by atoms with Gasteiger partial charge in [-0.1, -0.05) is 41.4 Å². The smallest absolute Gasteiger partial charge is 0.266 e. The van der Waals surface area contributed by atoms with Crippen molar-refractivity contribution in [2.75, 3.05) is 26.1 Å². The number of benzene rings is 1. The molecular formula is C17H16N4O4S3. The van der Waals surface area contributed by atoms with E-state index in [4.69, 9.17) is 21.7 Å². The van der Waals surface area contributed by atoms with Crippen LogP contribution in [0.1, 0.15) is 10.6 Å². The fourth-order valence-corrected chi connectivity index (χ4v) is 4.24. The van der Waals surface area contributed by atoms with E-state index in [1.807, 2.05) is 0 Å². The summed E-state index contributed by atoms with van der Waals surface area (Å²) in [4.78, 5) is 26.6. The number of rotatable bonds is 6. The van der Waals surface area contributed by atoms with Gasteiger partial charge in [0, 0.05) is 0 Å². The van der Waals surface area contributed by atoms with Gasteiger partial charge in [0.1, 0.15) is 15.9 Å². The van der Waals surface area contributed by atoms with Crippen LogP contribution in [0.15, 0.2) is 23.1 Å². The molecule has 8 nitrogen and oxygen atoms in total. The van der Waals surface area contributed by atoms with Gasteiger partial charge in [-0.15, -0.1) is 10.2 Å². The second-order valence-corrected chi connectivity index (χ2v) is 8.41. The Bertz CT molecular complexity index is 973. The van der Waals surface area contributed by atoms with E-state index < -0.39 is 0 Å². The number of nitrogens with zero attached hydrogens (tertiary/aromatic N) is 3. The van der Waals surface area contributed by atoms with Crippen LogP contribution < -0.4 is 14.8 Å². The van der Waals surface area contributed by atoms with Crippen LogP contribution >= 0.6 is 35.3 Å². The standard InChI is InChI=1S/C17H16N4O4S3/c1-9-19-20-16(27-9)18-14(22)8-21-15(23)13(28-17(21)26)7-10-4-5-11(24-2)12(6-10)25-3/h4-7H,8H2,1-3H3,(H,18,20,22)/b13-7+. The lowest BCUT2D eigenvalue weighted by Gasteiger charge is -2.13. The number of aryl methyl sites for hydroxylation is 1. The molecule has 0 atom stereocenters. The summed E-state index contributed by atoms with van der Waals surface area (Å²) >= 11 is 7.66. The van der Waals surface area contributed by atoms with Gasteiger partial charge in [0.05, 0.1) is 19.1 Å².